The Kier molecular flexibility index (Phi) is 5.59. The second-order valence-corrected chi connectivity index (χ2v) is 9.21. The Morgan fingerprint density at radius 3 is 1.77 bits per heavy atom. The largest absolute Gasteiger partial charge is 0.300 e. The molecule has 4 heteroatoms. The first-order valence-corrected chi connectivity index (χ1v) is 9.00. The molecule has 2 rings (SSSR count). The van der Waals surface area contributed by atoms with E-state index in [1.165, 1.54) is 52.4 Å². The van der Waals surface area contributed by atoms with Gasteiger partial charge in [-0.25, -0.2) is 0 Å². The average molecular weight is 311 g/mol. The number of hydrogen-bond acceptors (Lipinski definition) is 4. The van der Waals surface area contributed by atoms with Crippen LogP contribution in [0.15, 0.2) is 0 Å². The fraction of sp³-hybridized carbons (Fsp3) is 1.00. The lowest BCUT2D eigenvalue weighted by Crippen LogP contribution is -2.64. The molecule has 0 bridgehead atoms. The molecule has 0 radical (unpaired) electrons. The van der Waals surface area contributed by atoms with E-state index in [1.54, 1.807) is 0 Å². The molecule has 0 saturated carbocycles. The summed E-state index contributed by atoms with van der Waals surface area (Å²) in [7, 11) is 2.30. The van der Waals surface area contributed by atoms with Crippen molar-refractivity contribution >= 4 is 0 Å². The van der Waals surface area contributed by atoms with Crippen LogP contribution < -0.4 is 0 Å². The van der Waals surface area contributed by atoms with Crippen LogP contribution >= 0.6 is 0 Å². The topological polar surface area (TPSA) is 13.0 Å². The van der Waals surface area contributed by atoms with Crippen molar-refractivity contribution in [2.45, 2.75) is 58.7 Å². The van der Waals surface area contributed by atoms with Crippen LogP contribution in [0.5, 0.6) is 0 Å². The van der Waals surface area contributed by atoms with Crippen molar-refractivity contribution in [1.82, 2.24) is 19.6 Å². The third-order valence-electron chi connectivity index (χ3n) is 5.52. The molecule has 0 aromatic carbocycles. The van der Waals surface area contributed by atoms with E-state index in [2.05, 4.69) is 68.2 Å². The second-order valence-electron chi connectivity index (χ2n) is 9.21. The normalized spacial score (nSPS) is 24.0. The highest BCUT2D eigenvalue weighted by molar-refractivity contribution is 4.93. The summed E-state index contributed by atoms with van der Waals surface area (Å²) < 4.78 is 0. The standard InChI is InChI=1S/C18H38N4/c1-17(2,3)21-12-10-20(11-13-21)9-8-19(7)16-14-22(15-16)18(4,5)6/h16H,8-15H2,1-7H3. The second kappa shape index (κ2) is 6.76. The summed E-state index contributed by atoms with van der Waals surface area (Å²) in [5, 5.41) is 0. The van der Waals surface area contributed by atoms with Gasteiger partial charge in [-0.3, -0.25) is 19.6 Å². The van der Waals surface area contributed by atoms with Crippen molar-refractivity contribution in [3.05, 3.63) is 0 Å². The fourth-order valence-electron chi connectivity index (χ4n) is 3.41. The van der Waals surface area contributed by atoms with E-state index in [1.807, 2.05) is 0 Å². The Labute approximate surface area is 138 Å². The zero-order chi connectivity index (χ0) is 16.5. The van der Waals surface area contributed by atoms with Crippen LogP contribution in [0.4, 0.5) is 0 Å². The lowest BCUT2D eigenvalue weighted by molar-refractivity contribution is -0.0174. The SMILES string of the molecule is CN(CCN1CCN(C(C)(C)C)CC1)C1CN(C(C)(C)C)C1. The maximum atomic E-state index is 2.64. The summed E-state index contributed by atoms with van der Waals surface area (Å²) in [6, 6.07) is 0.759. The van der Waals surface area contributed by atoms with Gasteiger partial charge in [-0.2, -0.15) is 0 Å². The summed E-state index contributed by atoms with van der Waals surface area (Å²) in [4.78, 5) is 10.4. The predicted molar refractivity (Wildman–Crippen MR) is 95.5 cm³/mol. The predicted octanol–water partition coefficient (Wildman–Crippen LogP) is 1.82. The maximum Gasteiger partial charge on any atom is 0.0348 e. The van der Waals surface area contributed by atoms with Crippen molar-refractivity contribution < 1.29 is 0 Å². The van der Waals surface area contributed by atoms with Crippen LogP contribution in [0.2, 0.25) is 0 Å². The Hall–Kier alpha value is -0.160. The van der Waals surface area contributed by atoms with Gasteiger partial charge in [0.05, 0.1) is 0 Å². The molecule has 0 amide bonds. The molecule has 0 N–H and O–H groups in total. The third-order valence-corrected chi connectivity index (χ3v) is 5.52. The number of nitrogens with zero attached hydrogens (tertiary/aromatic N) is 4. The van der Waals surface area contributed by atoms with Crippen molar-refractivity contribution in [3.63, 3.8) is 0 Å². The van der Waals surface area contributed by atoms with Crippen LogP contribution in [0, 0.1) is 0 Å². The smallest absolute Gasteiger partial charge is 0.0348 e. The number of hydrogen-bond donors (Lipinski definition) is 0. The van der Waals surface area contributed by atoms with E-state index in [4.69, 9.17) is 0 Å². The van der Waals surface area contributed by atoms with E-state index in [9.17, 15) is 0 Å². The molecule has 0 spiro atoms. The molecule has 4 nitrogen and oxygen atoms in total. The van der Waals surface area contributed by atoms with Gasteiger partial charge in [0, 0.05) is 69.5 Å². The summed E-state index contributed by atoms with van der Waals surface area (Å²) >= 11 is 0. The third kappa shape index (κ3) is 4.67. The Balaban J connectivity index is 1.64. The molecular formula is C18H38N4. The van der Waals surface area contributed by atoms with Crippen LogP contribution in [0.1, 0.15) is 41.5 Å². The molecule has 130 valence electrons. The maximum absolute atomic E-state index is 2.64. The molecule has 0 unspecified atom stereocenters. The van der Waals surface area contributed by atoms with Crippen LogP contribution in [0.25, 0.3) is 0 Å². The van der Waals surface area contributed by atoms with Crippen molar-refractivity contribution in [1.29, 1.82) is 0 Å². The minimum absolute atomic E-state index is 0.325. The molecule has 0 aliphatic carbocycles. The monoisotopic (exact) mass is 310 g/mol. The van der Waals surface area contributed by atoms with Gasteiger partial charge in [0.25, 0.3) is 0 Å². The molecule has 0 aromatic heterocycles. The summed E-state index contributed by atoms with van der Waals surface area (Å²) in [6.07, 6.45) is 0. The highest BCUT2D eigenvalue weighted by atomic mass is 15.3. The molecule has 2 aliphatic heterocycles. The number of likely N-dealkylation sites (N-methyl/N-ethyl adjacent to an activating group) is 1. The Morgan fingerprint density at radius 2 is 1.32 bits per heavy atom. The highest BCUT2D eigenvalue weighted by Crippen LogP contribution is 2.23. The minimum atomic E-state index is 0.325. The van der Waals surface area contributed by atoms with Gasteiger partial charge in [0.1, 0.15) is 0 Å². The van der Waals surface area contributed by atoms with Gasteiger partial charge < -0.3 is 0 Å². The molecule has 2 saturated heterocycles. The van der Waals surface area contributed by atoms with Gasteiger partial charge in [-0.1, -0.05) is 0 Å². The minimum Gasteiger partial charge on any atom is -0.300 e. The van der Waals surface area contributed by atoms with Gasteiger partial charge in [0.15, 0.2) is 0 Å². The molecular weight excluding hydrogens is 272 g/mol. The number of likely N-dealkylation sites (tertiary alicyclic amines) is 1. The van der Waals surface area contributed by atoms with Crippen molar-refractivity contribution in [3.8, 4) is 0 Å². The van der Waals surface area contributed by atoms with Gasteiger partial charge in [-0.15, -0.1) is 0 Å². The first-order chi connectivity index (χ1) is 10.1. The molecule has 2 aliphatic rings. The number of piperazine rings is 1. The van der Waals surface area contributed by atoms with E-state index < -0.39 is 0 Å². The quantitative estimate of drug-likeness (QED) is 0.785. The molecule has 2 fully saturated rings. The molecule has 2 heterocycles. The van der Waals surface area contributed by atoms with Gasteiger partial charge in [-0.05, 0) is 48.6 Å². The van der Waals surface area contributed by atoms with E-state index in [0.29, 0.717) is 11.1 Å². The average Bonchev–Trinajstić information content (AvgIpc) is 2.32. The molecule has 0 atom stereocenters. The summed E-state index contributed by atoms with van der Waals surface area (Å²) in [5.74, 6) is 0. The Morgan fingerprint density at radius 1 is 0.818 bits per heavy atom. The first kappa shape index (κ1) is 18.2. The highest BCUT2D eigenvalue weighted by Gasteiger charge is 2.36. The van der Waals surface area contributed by atoms with Crippen molar-refractivity contribution in [2.24, 2.45) is 0 Å². The fourth-order valence-corrected chi connectivity index (χ4v) is 3.41. The number of rotatable bonds is 4. The van der Waals surface area contributed by atoms with E-state index >= 15 is 0 Å². The zero-order valence-corrected chi connectivity index (χ0v) is 16.0. The van der Waals surface area contributed by atoms with Gasteiger partial charge in [0.2, 0.25) is 0 Å². The first-order valence-electron chi connectivity index (χ1n) is 9.00. The summed E-state index contributed by atoms with van der Waals surface area (Å²) in [5.41, 5.74) is 0.659. The van der Waals surface area contributed by atoms with E-state index in [0.717, 1.165) is 6.04 Å². The lowest BCUT2D eigenvalue weighted by atomic mass is 9.97. The van der Waals surface area contributed by atoms with Crippen LogP contribution in [-0.2, 0) is 0 Å². The zero-order valence-electron chi connectivity index (χ0n) is 16.0. The summed E-state index contributed by atoms with van der Waals surface area (Å²) in [6.45, 7) is 23.7. The lowest BCUT2D eigenvalue weighted by Gasteiger charge is -2.51. The van der Waals surface area contributed by atoms with Crippen LogP contribution in [-0.4, -0.2) is 96.1 Å². The van der Waals surface area contributed by atoms with Crippen molar-refractivity contribution in [2.75, 3.05) is 59.4 Å². The molecule has 22 heavy (non-hydrogen) atoms. The van der Waals surface area contributed by atoms with Crippen LogP contribution in [0.3, 0.4) is 0 Å². The Bertz CT molecular complexity index is 339. The van der Waals surface area contributed by atoms with E-state index in [-0.39, 0.29) is 0 Å². The van der Waals surface area contributed by atoms with Gasteiger partial charge >= 0.3 is 0 Å². The molecule has 0 aromatic rings.